The van der Waals surface area contributed by atoms with E-state index in [2.05, 4.69) is 10.5 Å². The number of furan rings is 1. The van der Waals surface area contributed by atoms with Crippen molar-refractivity contribution in [1.82, 2.24) is 15.4 Å². The highest BCUT2D eigenvalue weighted by molar-refractivity contribution is 5.93. The van der Waals surface area contributed by atoms with Crippen LogP contribution in [0.2, 0.25) is 0 Å². The van der Waals surface area contributed by atoms with Gasteiger partial charge in [0.05, 0.1) is 6.26 Å². The van der Waals surface area contributed by atoms with Crippen molar-refractivity contribution in [3.05, 3.63) is 30.2 Å². The second kappa shape index (κ2) is 7.98. The fraction of sp³-hybridized carbons (Fsp3) is 0.471. The average Bonchev–Trinajstić information content (AvgIpc) is 3.31. The number of piperidine rings is 1. The van der Waals surface area contributed by atoms with Crippen LogP contribution in [0.5, 0.6) is 0 Å². The molecule has 3 N–H and O–H groups in total. The Hall–Kier alpha value is -2.61. The van der Waals surface area contributed by atoms with Crippen LogP contribution < -0.4 is 11.1 Å². The SMILES string of the molecule is NCCC(=O)NCC1CCCCN1C(=O)c1cc(-c2ccco2)on1. The van der Waals surface area contributed by atoms with E-state index in [1.807, 2.05) is 0 Å². The summed E-state index contributed by atoms with van der Waals surface area (Å²) >= 11 is 0. The van der Waals surface area contributed by atoms with Crippen molar-refractivity contribution < 1.29 is 18.5 Å². The van der Waals surface area contributed by atoms with Crippen LogP contribution in [0.1, 0.15) is 36.2 Å². The maximum absolute atomic E-state index is 12.8. The molecule has 1 atom stereocenters. The Balaban J connectivity index is 1.67. The third-order valence-corrected chi connectivity index (χ3v) is 4.29. The van der Waals surface area contributed by atoms with E-state index in [0.29, 0.717) is 31.2 Å². The Morgan fingerprint density at radius 3 is 3.00 bits per heavy atom. The van der Waals surface area contributed by atoms with Crippen LogP contribution in [-0.2, 0) is 4.79 Å². The van der Waals surface area contributed by atoms with Crippen molar-refractivity contribution in [3.63, 3.8) is 0 Å². The fourth-order valence-corrected chi connectivity index (χ4v) is 2.99. The number of aromatic nitrogens is 1. The fourth-order valence-electron chi connectivity index (χ4n) is 2.99. The van der Waals surface area contributed by atoms with Gasteiger partial charge in [-0.3, -0.25) is 9.59 Å². The third-order valence-electron chi connectivity index (χ3n) is 4.29. The summed E-state index contributed by atoms with van der Waals surface area (Å²) in [5.41, 5.74) is 5.62. The molecule has 1 fully saturated rings. The summed E-state index contributed by atoms with van der Waals surface area (Å²) in [5, 5.41) is 6.72. The van der Waals surface area contributed by atoms with Gasteiger partial charge in [-0.1, -0.05) is 5.16 Å². The van der Waals surface area contributed by atoms with Gasteiger partial charge >= 0.3 is 0 Å². The normalized spacial score (nSPS) is 17.5. The van der Waals surface area contributed by atoms with Crippen LogP contribution in [0.25, 0.3) is 11.5 Å². The molecule has 0 bridgehead atoms. The predicted molar refractivity (Wildman–Crippen MR) is 89.6 cm³/mol. The van der Waals surface area contributed by atoms with Crippen molar-refractivity contribution >= 4 is 11.8 Å². The Labute approximate surface area is 145 Å². The highest BCUT2D eigenvalue weighted by Gasteiger charge is 2.29. The lowest BCUT2D eigenvalue weighted by molar-refractivity contribution is -0.121. The minimum Gasteiger partial charge on any atom is -0.461 e. The number of nitrogens with one attached hydrogen (secondary N) is 1. The van der Waals surface area contributed by atoms with Gasteiger partial charge in [-0.25, -0.2) is 0 Å². The van der Waals surface area contributed by atoms with E-state index in [4.69, 9.17) is 14.7 Å². The smallest absolute Gasteiger partial charge is 0.276 e. The standard InChI is InChI=1S/C17H22N4O4/c18-7-6-16(22)19-11-12-4-1-2-8-21(12)17(23)13-10-15(25-20-13)14-5-3-9-24-14/h3,5,9-10,12H,1-2,4,6-8,11,18H2,(H,19,22). The molecule has 3 heterocycles. The number of amides is 2. The van der Waals surface area contributed by atoms with Gasteiger partial charge in [-0.05, 0) is 31.4 Å². The Kier molecular flexibility index (Phi) is 5.49. The zero-order valence-electron chi connectivity index (χ0n) is 13.9. The maximum atomic E-state index is 12.8. The molecule has 0 radical (unpaired) electrons. The Morgan fingerprint density at radius 1 is 1.36 bits per heavy atom. The number of carbonyl (C=O) groups excluding carboxylic acids is 2. The van der Waals surface area contributed by atoms with Crippen LogP contribution in [0.4, 0.5) is 0 Å². The van der Waals surface area contributed by atoms with E-state index >= 15 is 0 Å². The second-order valence-electron chi connectivity index (χ2n) is 6.04. The number of nitrogens with two attached hydrogens (primary N) is 1. The summed E-state index contributed by atoms with van der Waals surface area (Å²) in [4.78, 5) is 26.2. The summed E-state index contributed by atoms with van der Waals surface area (Å²) < 4.78 is 10.5. The van der Waals surface area contributed by atoms with Gasteiger partial charge in [0.25, 0.3) is 5.91 Å². The van der Waals surface area contributed by atoms with Crippen LogP contribution >= 0.6 is 0 Å². The molecule has 0 aliphatic carbocycles. The lowest BCUT2D eigenvalue weighted by atomic mass is 10.0. The minimum atomic E-state index is -0.195. The van der Waals surface area contributed by atoms with Crippen LogP contribution in [0, 0.1) is 0 Å². The van der Waals surface area contributed by atoms with Crippen molar-refractivity contribution in [2.75, 3.05) is 19.6 Å². The number of carbonyl (C=O) groups is 2. The number of rotatable bonds is 6. The third kappa shape index (κ3) is 4.08. The molecule has 0 aromatic carbocycles. The Morgan fingerprint density at radius 2 is 2.24 bits per heavy atom. The van der Waals surface area contributed by atoms with Crippen molar-refractivity contribution in [1.29, 1.82) is 0 Å². The molecule has 8 heteroatoms. The zero-order valence-corrected chi connectivity index (χ0v) is 13.9. The van der Waals surface area contributed by atoms with Crippen LogP contribution in [0.15, 0.2) is 33.4 Å². The predicted octanol–water partition coefficient (Wildman–Crippen LogP) is 1.39. The van der Waals surface area contributed by atoms with E-state index in [-0.39, 0.29) is 30.0 Å². The number of hydrogen-bond acceptors (Lipinski definition) is 6. The minimum absolute atomic E-state index is 0.0493. The maximum Gasteiger partial charge on any atom is 0.276 e. The van der Waals surface area contributed by atoms with Crippen LogP contribution in [-0.4, -0.2) is 47.5 Å². The largest absolute Gasteiger partial charge is 0.461 e. The first kappa shape index (κ1) is 17.2. The summed E-state index contributed by atoms with van der Waals surface area (Å²) in [6, 6.07) is 5.02. The number of nitrogens with zero attached hydrogens (tertiary/aromatic N) is 2. The van der Waals surface area contributed by atoms with Gasteiger partial charge in [0.1, 0.15) is 0 Å². The van der Waals surface area contributed by atoms with Gasteiger partial charge in [-0.15, -0.1) is 0 Å². The van der Waals surface area contributed by atoms with Gasteiger partial charge < -0.3 is 24.9 Å². The number of likely N-dealkylation sites (tertiary alicyclic amines) is 1. The molecule has 1 aliphatic heterocycles. The first-order valence-corrected chi connectivity index (χ1v) is 8.47. The monoisotopic (exact) mass is 346 g/mol. The molecular formula is C17H22N4O4. The molecular weight excluding hydrogens is 324 g/mol. The molecule has 1 saturated heterocycles. The molecule has 2 aromatic heterocycles. The van der Waals surface area contributed by atoms with E-state index in [9.17, 15) is 9.59 Å². The molecule has 25 heavy (non-hydrogen) atoms. The first-order valence-electron chi connectivity index (χ1n) is 8.47. The van der Waals surface area contributed by atoms with E-state index < -0.39 is 0 Å². The lowest BCUT2D eigenvalue weighted by Gasteiger charge is -2.35. The van der Waals surface area contributed by atoms with Crippen molar-refractivity contribution in [2.24, 2.45) is 5.73 Å². The quantitative estimate of drug-likeness (QED) is 0.817. The molecule has 8 nitrogen and oxygen atoms in total. The molecule has 2 amide bonds. The average molecular weight is 346 g/mol. The molecule has 0 spiro atoms. The van der Waals surface area contributed by atoms with Gasteiger partial charge in [0.15, 0.2) is 11.5 Å². The van der Waals surface area contributed by atoms with E-state index in [1.165, 1.54) is 6.26 Å². The van der Waals surface area contributed by atoms with Crippen LogP contribution in [0.3, 0.4) is 0 Å². The first-order chi connectivity index (χ1) is 12.2. The zero-order chi connectivity index (χ0) is 17.6. The summed E-state index contributed by atoms with van der Waals surface area (Å²) in [5.74, 6) is 0.648. The van der Waals surface area contributed by atoms with Crippen molar-refractivity contribution in [3.8, 4) is 11.5 Å². The topological polar surface area (TPSA) is 115 Å². The highest BCUT2D eigenvalue weighted by atomic mass is 16.5. The summed E-state index contributed by atoms with van der Waals surface area (Å²) in [6.45, 7) is 1.38. The molecule has 1 aliphatic rings. The van der Waals surface area contributed by atoms with E-state index in [1.54, 1.807) is 23.1 Å². The van der Waals surface area contributed by atoms with Gasteiger partial charge in [0, 0.05) is 38.2 Å². The van der Waals surface area contributed by atoms with Gasteiger partial charge in [-0.2, -0.15) is 0 Å². The highest BCUT2D eigenvalue weighted by Crippen LogP contribution is 2.23. The molecule has 3 rings (SSSR count). The summed E-state index contributed by atoms with van der Waals surface area (Å²) in [6.07, 6.45) is 4.62. The van der Waals surface area contributed by atoms with Gasteiger partial charge in [0.2, 0.25) is 11.7 Å². The summed E-state index contributed by atoms with van der Waals surface area (Å²) in [7, 11) is 0. The molecule has 134 valence electrons. The van der Waals surface area contributed by atoms with E-state index in [0.717, 1.165) is 19.3 Å². The second-order valence-corrected chi connectivity index (χ2v) is 6.04. The lowest BCUT2D eigenvalue weighted by Crippen LogP contribution is -2.49. The molecule has 0 saturated carbocycles. The molecule has 2 aromatic rings. The number of hydrogen-bond donors (Lipinski definition) is 2. The van der Waals surface area contributed by atoms with Crippen molar-refractivity contribution in [2.45, 2.75) is 31.7 Å². The molecule has 1 unspecified atom stereocenters. The Bertz CT molecular complexity index is 710.